The fourth-order valence-corrected chi connectivity index (χ4v) is 5.40. The summed E-state index contributed by atoms with van der Waals surface area (Å²) in [5, 5.41) is 9.45. The number of hydrogen-bond donors (Lipinski definition) is 2. The van der Waals surface area contributed by atoms with E-state index < -0.39 is 5.82 Å². The van der Waals surface area contributed by atoms with Crippen molar-refractivity contribution in [2.75, 3.05) is 5.73 Å². The van der Waals surface area contributed by atoms with Gasteiger partial charge in [0, 0.05) is 23.5 Å². The van der Waals surface area contributed by atoms with E-state index in [-0.39, 0.29) is 29.6 Å². The van der Waals surface area contributed by atoms with Crippen LogP contribution in [0.4, 0.5) is 10.2 Å². The fourth-order valence-electron chi connectivity index (χ4n) is 5.40. The second-order valence-electron chi connectivity index (χ2n) is 10.0. The molecule has 1 atom stereocenters. The molecule has 8 nitrogen and oxygen atoms in total. The number of nitrogen functional groups attached to an aromatic ring is 1. The maximum absolute atomic E-state index is 14.6. The van der Waals surface area contributed by atoms with Crippen LogP contribution in [0, 0.1) is 24.1 Å². The van der Waals surface area contributed by atoms with Crippen molar-refractivity contribution in [3.05, 3.63) is 107 Å². The maximum Gasteiger partial charge on any atom is 0.271 e. The summed E-state index contributed by atoms with van der Waals surface area (Å²) >= 11 is 0. The third-order valence-electron chi connectivity index (χ3n) is 7.44. The lowest BCUT2D eigenvalue weighted by Gasteiger charge is -2.34. The molecule has 0 radical (unpaired) electrons. The summed E-state index contributed by atoms with van der Waals surface area (Å²) in [4.78, 5) is 32.8. The van der Waals surface area contributed by atoms with Gasteiger partial charge in [-0.1, -0.05) is 18.2 Å². The van der Waals surface area contributed by atoms with E-state index in [9.17, 15) is 14.4 Å². The van der Waals surface area contributed by atoms with Crippen molar-refractivity contribution in [2.45, 2.75) is 38.8 Å². The Labute approximate surface area is 230 Å². The summed E-state index contributed by atoms with van der Waals surface area (Å²) < 4.78 is 14.6. The summed E-state index contributed by atoms with van der Waals surface area (Å²) in [5.74, 6) is -0.269. The first-order chi connectivity index (χ1) is 19.4. The Balaban J connectivity index is 1.38. The molecule has 0 spiro atoms. The molecular weight excluding hydrogens is 505 g/mol. The third-order valence-corrected chi connectivity index (χ3v) is 7.44. The molecule has 9 heteroatoms. The minimum Gasteiger partial charge on any atom is -0.383 e. The average Bonchev–Trinajstić information content (AvgIpc) is 3.38. The highest BCUT2D eigenvalue weighted by atomic mass is 19.1. The van der Waals surface area contributed by atoms with Gasteiger partial charge >= 0.3 is 0 Å². The quantitative estimate of drug-likeness (QED) is 0.302. The van der Waals surface area contributed by atoms with E-state index in [1.165, 1.54) is 12.1 Å². The SMILES string of the molecule is Cc1cc2[nH]c(C(=O)N(Cc3ccc(-c4c(F)cccc4C#N)cn3)C3CCCc4cccnc43)cc2nc1N. The number of nitrogens with two attached hydrogens (primary N) is 1. The molecule has 40 heavy (non-hydrogen) atoms. The van der Waals surface area contributed by atoms with E-state index in [0.717, 1.165) is 41.6 Å². The zero-order chi connectivity index (χ0) is 27.8. The minimum absolute atomic E-state index is 0.204. The molecule has 3 N–H and O–H groups in total. The van der Waals surface area contributed by atoms with Crippen LogP contribution < -0.4 is 5.73 Å². The second kappa shape index (κ2) is 10.2. The highest BCUT2D eigenvalue weighted by Crippen LogP contribution is 2.35. The third kappa shape index (κ3) is 4.54. The number of halogens is 1. The van der Waals surface area contributed by atoms with Crippen molar-refractivity contribution < 1.29 is 9.18 Å². The molecule has 1 amide bonds. The number of benzene rings is 1. The monoisotopic (exact) mass is 531 g/mol. The van der Waals surface area contributed by atoms with Crippen LogP contribution in [-0.4, -0.2) is 30.7 Å². The van der Waals surface area contributed by atoms with Gasteiger partial charge in [0.2, 0.25) is 0 Å². The molecule has 1 aliphatic carbocycles. The van der Waals surface area contributed by atoms with Crippen LogP contribution in [0.5, 0.6) is 0 Å². The summed E-state index contributed by atoms with van der Waals surface area (Å²) in [6.45, 7) is 2.09. The van der Waals surface area contributed by atoms with E-state index in [2.05, 4.69) is 26.0 Å². The van der Waals surface area contributed by atoms with Gasteiger partial charge in [-0.05, 0) is 73.7 Å². The molecule has 1 unspecified atom stereocenters. The fraction of sp³-hybridized carbons (Fsp3) is 0.194. The van der Waals surface area contributed by atoms with Crippen LogP contribution in [0.1, 0.15) is 57.5 Å². The summed E-state index contributed by atoms with van der Waals surface area (Å²) in [5.41, 5.74) is 12.2. The second-order valence-corrected chi connectivity index (χ2v) is 10.0. The first kappa shape index (κ1) is 25.2. The average molecular weight is 532 g/mol. The number of hydrogen-bond acceptors (Lipinski definition) is 6. The standard InChI is InChI=1S/C31H26FN7O/c1-18-13-24-25(38-30(18)34)14-26(37-24)31(40)39(27-9-3-5-19-7-4-12-35-29(19)27)17-22-11-10-21(16-36-22)28-20(15-33)6-2-8-23(28)32/h2,4,6-8,10-14,16,27,37H,3,5,9,17H2,1H3,(H2,34,38). The van der Waals surface area contributed by atoms with E-state index in [1.807, 2.05) is 25.1 Å². The molecule has 0 saturated carbocycles. The number of aryl methyl sites for hydroxylation is 2. The molecule has 1 aliphatic rings. The Morgan fingerprint density at radius 1 is 1.20 bits per heavy atom. The molecule has 1 aromatic carbocycles. The highest BCUT2D eigenvalue weighted by Gasteiger charge is 2.32. The molecule has 4 heterocycles. The lowest BCUT2D eigenvalue weighted by atomic mass is 9.90. The normalized spacial score (nSPS) is 14.5. The van der Waals surface area contributed by atoms with Crippen molar-refractivity contribution in [2.24, 2.45) is 0 Å². The van der Waals surface area contributed by atoms with Crippen LogP contribution >= 0.6 is 0 Å². The Morgan fingerprint density at radius 3 is 2.88 bits per heavy atom. The van der Waals surface area contributed by atoms with Gasteiger partial charge in [-0.25, -0.2) is 9.37 Å². The van der Waals surface area contributed by atoms with Crippen molar-refractivity contribution in [3.8, 4) is 17.2 Å². The molecule has 6 rings (SSSR count). The zero-order valence-corrected chi connectivity index (χ0v) is 21.9. The number of rotatable bonds is 5. The van der Waals surface area contributed by atoms with Gasteiger partial charge in [0.1, 0.15) is 17.3 Å². The number of aromatic amines is 1. The number of H-pyrrole nitrogens is 1. The van der Waals surface area contributed by atoms with E-state index in [1.54, 1.807) is 41.6 Å². The van der Waals surface area contributed by atoms with Gasteiger partial charge in [-0.3, -0.25) is 14.8 Å². The van der Waals surface area contributed by atoms with Gasteiger partial charge in [0.15, 0.2) is 0 Å². The largest absolute Gasteiger partial charge is 0.383 e. The molecule has 4 aromatic heterocycles. The minimum atomic E-state index is -0.487. The molecule has 198 valence electrons. The van der Waals surface area contributed by atoms with Crippen LogP contribution in [0.15, 0.2) is 67.0 Å². The Hall–Kier alpha value is -5.10. The summed E-state index contributed by atoms with van der Waals surface area (Å²) in [6.07, 6.45) is 5.90. The van der Waals surface area contributed by atoms with Crippen LogP contribution in [0.25, 0.3) is 22.2 Å². The van der Waals surface area contributed by atoms with E-state index in [0.29, 0.717) is 28.3 Å². The Morgan fingerprint density at radius 2 is 2.08 bits per heavy atom. The predicted molar refractivity (Wildman–Crippen MR) is 149 cm³/mol. The maximum atomic E-state index is 14.6. The summed E-state index contributed by atoms with van der Waals surface area (Å²) in [6, 6.07) is 17.3. The first-order valence-corrected chi connectivity index (χ1v) is 13.1. The first-order valence-electron chi connectivity index (χ1n) is 13.1. The Bertz CT molecular complexity index is 1750. The van der Waals surface area contributed by atoms with Gasteiger partial charge in [0.25, 0.3) is 5.91 Å². The van der Waals surface area contributed by atoms with Gasteiger partial charge < -0.3 is 15.6 Å². The number of pyridine rings is 3. The predicted octanol–water partition coefficient (Wildman–Crippen LogP) is 5.64. The van der Waals surface area contributed by atoms with Crippen LogP contribution in [-0.2, 0) is 13.0 Å². The number of carbonyl (C=O) groups is 1. The van der Waals surface area contributed by atoms with Crippen molar-refractivity contribution in [3.63, 3.8) is 0 Å². The highest BCUT2D eigenvalue weighted by molar-refractivity contribution is 5.97. The number of aromatic nitrogens is 4. The van der Waals surface area contributed by atoms with Crippen LogP contribution in [0.2, 0.25) is 0 Å². The molecule has 0 saturated heterocycles. The number of nitrogens with one attached hydrogen (secondary N) is 1. The molecule has 0 aliphatic heterocycles. The van der Waals surface area contributed by atoms with Crippen molar-refractivity contribution >= 4 is 22.8 Å². The lowest BCUT2D eigenvalue weighted by molar-refractivity contribution is 0.0624. The molecular formula is C31H26FN7O. The van der Waals surface area contributed by atoms with Gasteiger partial charge in [0.05, 0.1) is 46.6 Å². The van der Waals surface area contributed by atoms with Gasteiger partial charge in [-0.15, -0.1) is 0 Å². The number of amides is 1. The number of carbonyl (C=O) groups excluding carboxylic acids is 1. The van der Waals surface area contributed by atoms with E-state index in [4.69, 9.17) is 5.73 Å². The number of anilines is 1. The number of fused-ring (bicyclic) bond motifs is 2. The molecule has 0 bridgehead atoms. The Kier molecular flexibility index (Phi) is 6.44. The molecule has 5 aromatic rings. The van der Waals surface area contributed by atoms with Gasteiger partial charge in [-0.2, -0.15) is 5.26 Å². The van der Waals surface area contributed by atoms with E-state index >= 15 is 0 Å². The number of nitriles is 1. The summed E-state index contributed by atoms with van der Waals surface area (Å²) in [7, 11) is 0. The van der Waals surface area contributed by atoms with Crippen molar-refractivity contribution in [1.82, 2.24) is 24.8 Å². The van der Waals surface area contributed by atoms with Crippen molar-refractivity contribution in [1.29, 1.82) is 5.26 Å². The topological polar surface area (TPSA) is 125 Å². The smallest absolute Gasteiger partial charge is 0.271 e. The lowest BCUT2D eigenvalue weighted by Crippen LogP contribution is -2.37. The molecule has 0 fully saturated rings. The van der Waals surface area contributed by atoms with Crippen LogP contribution in [0.3, 0.4) is 0 Å². The zero-order valence-electron chi connectivity index (χ0n) is 21.9. The number of nitrogens with zero attached hydrogens (tertiary/aromatic N) is 5.